The first-order chi connectivity index (χ1) is 9.19. The Morgan fingerprint density at radius 2 is 2.32 bits per heavy atom. The first-order valence-electron chi connectivity index (χ1n) is 5.65. The van der Waals surface area contributed by atoms with Gasteiger partial charge in [-0.2, -0.15) is 0 Å². The normalized spacial score (nSPS) is 9.79. The van der Waals surface area contributed by atoms with Gasteiger partial charge in [-0.1, -0.05) is 11.8 Å². The largest absolute Gasteiger partial charge is 0.345 e. The van der Waals surface area contributed by atoms with Gasteiger partial charge in [0.2, 0.25) is 0 Å². The van der Waals surface area contributed by atoms with Crippen LogP contribution in [0.2, 0.25) is 0 Å². The van der Waals surface area contributed by atoms with Crippen molar-refractivity contribution in [2.75, 3.05) is 6.54 Å². The van der Waals surface area contributed by atoms with Gasteiger partial charge in [-0.15, -0.1) is 22.7 Å². The second-order valence-corrected chi connectivity index (χ2v) is 5.62. The molecular formula is C13H13N3OS2. The Balaban J connectivity index is 1.94. The fourth-order valence-electron chi connectivity index (χ4n) is 1.40. The SMILES string of the molecule is Cc1csc(CNC(=O)c2csc(C#CCN)c2)n1. The Hall–Kier alpha value is -1.68. The standard InChI is InChI=1S/C13H13N3OS2/c1-9-7-19-12(16-9)6-15-13(17)10-5-11(18-8-10)3-2-4-14/h5,7-8H,4,6,14H2,1H3,(H,15,17). The predicted octanol–water partition coefficient (Wildman–Crippen LogP) is 1.75. The molecule has 2 heterocycles. The van der Waals surface area contributed by atoms with Crippen LogP contribution in [0.15, 0.2) is 16.8 Å². The topological polar surface area (TPSA) is 68.0 Å². The van der Waals surface area contributed by atoms with E-state index in [1.165, 1.54) is 11.3 Å². The molecule has 0 unspecified atom stereocenters. The van der Waals surface area contributed by atoms with Crippen LogP contribution in [0.4, 0.5) is 0 Å². The van der Waals surface area contributed by atoms with Crippen LogP contribution >= 0.6 is 22.7 Å². The highest BCUT2D eigenvalue weighted by Crippen LogP contribution is 2.14. The number of nitrogens with zero attached hydrogens (tertiary/aromatic N) is 1. The second kappa shape index (κ2) is 6.48. The molecule has 98 valence electrons. The van der Waals surface area contributed by atoms with E-state index in [1.807, 2.05) is 12.3 Å². The molecule has 19 heavy (non-hydrogen) atoms. The maximum Gasteiger partial charge on any atom is 0.252 e. The molecule has 0 saturated heterocycles. The maximum absolute atomic E-state index is 11.9. The van der Waals surface area contributed by atoms with Crippen LogP contribution in [0, 0.1) is 18.8 Å². The van der Waals surface area contributed by atoms with Crippen molar-refractivity contribution in [2.24, 2.45) is 5.73 Å². The molecule has 0 aliphatic rings. The third-order valence-electron chi connectivity index (χ3n) is 2.24. The first-order valence-corrected chi connectivity index (χ1v) is 7.41. The van der Waals surface area contributed by atoms with Crippen LogP contribution < -0.4 is 11.1 Å². The van der Waals surface area contributed by atoms with Gasteiger partial charge in [0.05, 0.1) is 23.5 Å². The van der Waals surface area contributed by atoms with Gasteiger partial charge < -0.3 is 11.1 Å². The summed E-state index contributed by atoms with van der Waals surface area (Å²) in [5.74, 6) is 5.57. The zero-order valence-electron chi connectivity index (χ0n) is 10.4. The highest BCUT2D eigenvalue weighted by Gasteiger charge is 2.08. The summed E-state index contributed by atoms with van der Waals surface area (Å²) in [4.78, 5) is 17.1. The number of carbonyl (C=O) groups excluding carboxylic acids is 1. The molecule has 0 saturated carbocycles. The molecule has 0 atom stereocenters. The minimum absolute atomic E-state index is 0.107. The van der Waals surface area contributed by atoms with E-state index in [-0.39, 0.29) is 5.91 Å². The van der Waals surface area contributed by atoms with Crippen LogP contribution in [-0.4, -0.2) is 17.4 Å². The Kier molecular flexibility index (Phi) is 4.68. The third kappa shape index (κ3) is 3.89. The molecule has 0 spiro atoms. The average Bonchev–Trinajstić information content (AvgIpc) is 3.02. The van der Waals surface area contributed by atoms with Gasteiger partial charge in [-0.3, -0.25) is 4.79 Å². The number of nitrogens with one attached hydrogen (secondary N) is 1. The number of carbonyl (C=O) groups is 1. The minimum atomic E-state index is -0.107. The number of nitrogens with two attached hydrogens (primary N) is 1. The van der Waals surface area contributed by atoms with E-state index in [4.69, 9.17) is 5.73 Å². The van der Waals surface area contributed by atoms with Gasteiger partial charge in [0, 0.05) is 16.5 Å². The van der Waals surface area contributed by atoms with Gasteiger partial charge in [0.15, 0.2) is 0 Å². The quantitative estimate of drug-likeness (QED) is 0.847. The lowest BCUT2D eigenvalue weighted by Crippen LogP contribution is -2.22. The lowest BCUT2D eigenvalue weighted by atomic mass is 10.3. The van der Waals surface area contributed by atoms with Crippen molar-refractivity contribution in [1.29, 1.82) is 0 Å². The number of amides is 1. The number of aryl methyl sites for hydroxylation is 1. The van der Waals surface area contributed by atoms with Crippen LogP contribution in [0.5, 0.6) is 0 Å². The number of thiophene rings is 1. The summed E-state index contributed by atoms with van der Waals surface area (Å²) in [5, 5.41) is 7.51. The monoisotopic (exact) mass is 291 g/mol. The van der Waals surface area contributed by atoms with E-state index in [1.54, 1.807) is 22.8 Å². The summed E-state index contributed by atoms with van der Waals surface area (Å²) in [6, 6.07) is 1.77. The van der Waals surface area contributed by atoms with Gasteiger partial charge in [0.1, 0.15) is 5.01 Å². The van der Waals surface area contributed by atoms with Crippen molar-refractivity contribution in [3.8, 4) is 11.8 Å². The maximum atomic E-state index is 11.9. The molecule has 0 radical (unpaired) electrons. The fraction of sp³-hybridized carbons (Fsp3) is 0.231. The molecule has 1 amide bonds. The number of hydrogen-bond acceptors (Lipinski definition) is 5. The van der Waals surface area contributed by atoms with Crippen LogP contribution in [0.25, 0.3) is 0 Å². The van der Waals surface area contributed by atoms with Crippen molar-refractivity contribution < 1.29 is 4.79 Å². The molecule has 2 aromatic rings. The first kappa shape index (κ1) is 13.7. The molecule has 2 rings (SSSR count). The number of thiazole rings is 1. The molecule has 0 aliphatic heterocycles. The smallest absolute Gasteiger partial charge is 0.252 e. The van der Waals surface area contributed by atoms with E-state index in [9.17, 15) is 4.79 Å². The van der Waals surface area contributed by atoms with E-state index < -0.39 is 0 Å². The Morgan fingerprint density at radius 3 is 3.00 bits per heavy atom. The van der Waals surface area contributed by atoms with Gasteiger partial charge in [-0.25, -0.2) is 4.98 Å². The highest BCUT2D eigenvalue weighted by atomic mass is 32.1. The molecule has 6 heteroatoms. The molecule has 0 aliphatic carbocycles. The summed E-state index contributed by atoms with van der Waals surface area (Å²) in [7, 11) is 0. The fourth-order valence-corrected chi connectivity index (χ4v) is 2.87. The van der Waals surface area contributed by atoms with Crippen LogP contribution in [0.3, 0.4) is 0 Å². The summed E-state index contributed by atoms with van der Waals surface area (Å²) in [5.41, 5.74) is 6.90. The molecule has 4 nitrogen and oxygen atoms in total. The number of rotatable bonds is 3. The molecule has 3 N–H and O–H groups in total. The summed E-state index contributed by atoms with van der Waals surface area (Å²) < 4.78 is 0. The summed E-state index contributed by atoms with van der Waals surface area (Å²) in [6.45, 7) is 2.71. The van der Waals surface area contributed by atoms with E-state index in [0.29, 0.717) is 18.7 Å². The molecular weight excluding hydrogens is 278 g/mol. The van der Waals surface area contributed by atoms with Crippen molar-refractivity contribution in [3.05, 3.63) is 38.0 Å². The minimum Gasteiger partial charge on any atom is -0.345 e. The van der Waals surface area contributed by atoms with E-state index >= 15 is 0 Å². The van der Waals surface area contributed by atoms with Crippen molar-refractivity contribution >= 4 is 28.6 Å². The Bertz CT molecular complexity index is 634. The van der Waals surface area contributed by atoms with Crippen LogP contribution in [0.1, 0.15) is 25.9 Å². The zero-order valence-corrected chi connectivity index (χ0v) is 12.0. The molecule has 0 aromatic carbocycles. The Labute approximate surface area is 119 Å². The molecule has 0 fully saturated rings. The van der Waals surface area contributed by atoms with E-state index in [2.05, 4.69) is 22.1 Å². The van der Waals surface area contributed by atoms with Gasteiger partial charge >= 0.3 is 0 Å². The molecule has 2 aromatic heterocycles. The van der Waals surface area contributed by atoms with Gasteiger partial charge in [-0.05, 0) is 13.0 Å². The Morgan fingerprint density at radius 1 is 1.47 bits per heavy atom. The second-order valence-electron chi connectivity index (χ2n) is 3.77. The predicted molar refractivity (Wildman–Crippen MR) is 78.3 cm³/mol. The van der Waals surface area contributed by atoms with Crippen LogP contribution in [-0.2, 0) is 6.54 Å². The molecule has 0 bridgehead atoms. The van der Waals surface area contributed by atoms with Gasteiger partial charge in [0.25, 0.3) is 5.91 Å². The number of aromatic nitrogens is 1. The van der Waals surface area contributed by atoms with Crippen molar-refractivity contribution in [3.63, 3.8) is 0 Å². The summed E-state index contributed by atoms with van der Waals surface area (Å²) in [6.07, 6.45) is 0. The summed E-state index contributed by atoms with van der Waals surface area (Å²) >= 11 is 2.98. The van der Waals surface area contributed by atoms with Crippen molar-refractivity contribution in [1.82, 2.24) is 10.3 Å². The zero-order chi connectivity index (χ0) is 13.7. The lowest BCUT2D eigenvalue weighted by molar-refractivity contribution is 0.0951. The average molecular weight is 291 g/mol. The number of hydrogen-bond donors (Lipinski definition) is 2. The highest BCUT2D eigenvalue weighted by molar-refractivity contribution is 7.10. The van der Waals surface area contributed by atoms with Crippen molar-refractivity contribution in [2.45, 2.75) is 13.5 Å². The lowest BCUT2D eigenvalue weighted by Gasteiger charge is -1.99. The van der Waals surface area contributed by atoms with E-state index in [0.717, 1.165) is 15.6 Å². The third-order valence-corrected chi connectivity index (χ3v) is 4.05.